The molecule has 13 heavy (non-hydrogen) atoms. The van der Waals surface area contributed by atoms with E-state index < -0.39 is 11.9 Å². The molecule has 0 saturated carbocycles. The summed E-state index contributed by atoms with van der Waals surface area (Å²) in [6, 6.07) is 0. The van der Waals surface area contributed by atoms with Crippen molar-refractivity contribution >= 4 is 11.9 Å². The van der Waals surface area contributed by atoms with E-state index in [9.17, 15) is 14.0 Å². The van der Waals surface area contributed by atoms with Crippen LogP contribution >= 0.6 is 0 Å². The lowest BCUT2D eigenvalue weighted by atomic mass is 10.4. The van der Waals surface area contributed by atoms with Crippen molar-refractivity contribution in [3.05, 3.63) is 24.1 Å². The summed E-state index contributed by atoms with van der Waals surface area (Å²) in [5.74, 6) is -2.16. The minimum Gasteiger partial charge on any atom is -0.478 e. The Morgan fingerprint density at radius 2 is 1.54 bits per heavy atom. The van der Waals surface area contributed by atoms with E-state index in [1.807, 2.05) is 0 Å². The van der Waals surface area contributed by atoms with E-state index >= 15 is 0 Å². The molecule has 0 aliphatic rings. The third kappa shape index (κ3) is 10.4. The van der Waals surface area contributed by atoms with Crippen LogP contribution in [0.3, 0.4) is 0 Å². The Morgan fingerprint density at radius 3 is 1.54 bits per heavy atom. The third-order valence-electron chi connectivity index (χ3n) is 0.866. The first kappa shape index (κ1) is 13.9. The zero-order chi connectivity index (χ0) is 11.0. The average molecular weight is 190 g/mol. The SMILES string of the molecule is C=C(C)C(=O)O.CC(=CF)C(=O)O. The molecular weight excluding hydrogens is 179 g/mol. The molecule has 0 aliphatic carbocycles. The summed E-state index contributed by atoms with van der Waals surface area (Å²) in [6.07, 6.45) is 0.0579. The fourth-order valence-corrected chi connectivity index (χ4v) is 0.0467. The number of carbonyl (C=O) groups is 2. The van der Waals surface area contributed by atoms with E-state index in [4.69, 9.17) is 10.2 Å². The van der Waals surface area contributed by atoms with Crippen LogP contribution in [-0.2, 0) is 9.59 Å². The predicted octanol–water partition coefficient (Wildman–Crippen LogP) is 1.59. The van der Waals surface area contributed by atoms with Crippen molar-refractivity contribution in [1.82, 2.24) is 0 Å². The molecule has 0 spiro atoms. The van der Waals surface area contributed by atoms with Gasteiger partial charge in [0.2, 0.25) is 0 Å². The highest BCUT2D eigenvalue weighted by Gasteiger charge is 1.95. The minimum atomic E-state index is -1.22. The molecule has 0 amide bonds. The molecule has 0 aromatic carbocycles. The summed E-state index contributed by atoms with van der Waals surface area (Å²) in [7, 11) is 0. The van der Waals surface area contributed by atoms with Gasteiger partial charge in [0, 0.05) is 5.57 Å². The molecule has 0 bridgehead atoms. The number of carboxylic acids is 2. The van der Waals surface area contributed by atoms with Crippen LogP contribution in [-0.4, -0.2) is 22.2 Å². The maximum absolute atomic E-state index is 11.1. The summed E-state index contributed by atoms with van der Waals surface area (Å²) in [6.45, 7) is 5.78. The Hall–Kier alpha value is -1.65. The monoisotopic (exact) mass is 190 g/mol. The first-order chi connectivity index (χ1) is 5.82. The number of halogens is 1. The third-order valence-corrected chi connectivity index (χ3v) is 0.866. The van der Waals surface area contributed by atoms with E-state index in [2.05, 4.69) is 6.58 Å². The van der Waals surface area contributed by atoms with E-state index in [-0.39, 0.29) is 17.5 Å². The molecular formula is C8H11FO4. The first-order valence-electron chi connectivity index (χ1n) is 3.22. The topological polar surface area (TPSA) is 74.6 Å². The van der Waals surface area contributed by atoms with Crippen molar-refractivity contribution in [3.8, 4) is 0 Å². The van der Waals surface area contributed by atoms with Crippen LogP contribution in [0.2, 0.25) is 0 Å². The van der Waals surface area contributed by atoms with Crippen LogP contribution in [0, 0.1) is 0 Å². The number of hydrogen-bond acceptors (Lipinski definition) is 2. The molecule has 74 valence electrons. The summed E-state index contributed by atoms with van der Waals surface area (Å²) >= 11 is 0. The molecule has 0 aliphatic heterocycles. The number of carboxylic acid groups (broad SMARTS) is 2. The van der Waals surface area contributed by atoms with Gasteiger partial charge in [-0.3, -0.25) is 0 Å². The fraction of sp³-hybridized carbons (Fsp3) is 0.250. The maximum atomic E-state index is 11.1. The van der Waals surface area contributed by atoms with Gasteiger partial charge in [-0.15, -0.1) is 0 Å². The average Bonchev–Trinajstić information content (AvgIpc) is 2.03. The van der Waals surface area contributed by atoms with Crippen LogP contribution in [0.4, 0.5) is 4.39 Å². The van der Waals surface area contributed by atoms with Gasteiger partial charge in [0.05, 0.1) is 11.9 Å². The van der Waals surface area contributed by atoms with Gasteiger partial charge in [0.25, 0.3) is 0 Å². The lowest BCUT2D eigenvalue weighted by Crippen LogP contribution is -1.93. The van der Waals surface area contributed by atoms with Crippen molar-refractivity contribution in [1.29, 1.82) is 0 Å². The van der Waals surface area contributed by atoms with Gasteiger partial charge in [0.15, 0.2) is 0 Å². The molecule has 0 unspecified atom stereocenters. The normalized spacial score (nSPS) is 9.62. The van der Waals surface area contributed by atoms with Crippen molar-refractivity contribution < 1.29 is 24.2 Å². The molecule has 5 heteroatoms. The second-order valence-corrected chi connectivity index (χ2v) is 2.18. The Bertz CT molecular complexity index is 231. The largest absolute Gasteiger partial charge is 0.478 e. The zero-order valence-corrected chi connectivity index (χ0v) is 7.37. The van der Waals surface area contributed by atoms with Gasteiger partial charge >= 0.3 is 11.9 Å². The molecule has 0 saturated heterocycles. The molecule has 0 fully saturated rings. The summed E-state index contributed by atoms with van der Waals surface area (Å²) < 4.78 is 11.1. The van der Waals surface area contributed by atoms with E-state index in [1.54, 1.807) is 0 Å². The lowest BCUT2D eigenvalue weighted by Gasteiger charge is -1.81. The quantitative estimate of drug-likeness (QED) is 0.648. The highest BCUT2D eigenvalue weighted by atomic mass is 19.1. The standard InChI is InChI=1S/C4H5FO2.C4H6O2/c1-3(2-5)4(6)7;1-3(2)4(5)6/h2H,1H3,(H,6,7);1H2,2H3,(H,5,6). The Morgan fingerprint density at radius 1 is 1.23 bits per heavy atom. The molecule has 2 N–H and O–H groups in total. The lowest BCUT2D eigenvalue weighted by molar-refractivity contribution is -0.133. The second kappa shape index (κ2) is 7.02. The number of hydrogen-bond donors (Lipinski definition) is 2. The minimum absolute atomic E-state index is 0.0579. The number of aliphatic carboxylic acids is 2. The van der Waals surface area contributed by atoms with Gasteiger partial charge in [0.1, 0.15) is 0 Å². The van der Waals surface area contributed by atoms with E-state index in [1.165, 1.54) is 13.8 Å². The Kier molecular flexibility index (Phi) is 7.51. The van der Waals surface area contributed by atoms with Crippen LogP contribution in [0.25, 0.3) is 0 Å². The number of rotatable bonds is 2. The van der Waals surface area contributed by atoms with Crippen LogP contribution in [0.1, 0.15) is 13.8 Å². The fourth-order valence-electron chi connectivity index (χ4n) is 0.0467. The van der Waals surface area contributed by atoms with Gasteiger partial charge in [-0.2, -0.15) is 0 Å². The van der Waals surface area contributed by atoms with Crippen molar-refractivity contribution in [2.75, 3.05) is 0 Å². The summed E-state index contributed by atoms with van der Waals surface area (Å²) in [4.78, 5) is 19.2. The van der Waals surface area contributed by atoms with Crippen molar-refractivity contribution in [2.45, 2.75) is 13.8 Å². The maximum Gasteiger partial charge on any atom is 0.333 e. The highest BCUT2D eigenvalue weighted by Crippen LogP contribution is 1.89. The Labute approximate surface area is 75.0 Å². The predicted molar refractivity (Wildman–Crippen MR) is 45.0 cm³/mol. The highest BCUT2D eigenvalue weighted by molar-refractivity contribution is 5.85. The van der Waals surface area contributed by atoms with Crippen LogP contribution in [0.15, 0.2) is 24.1 Å². The molecule has 0 radical (unpaired) electrons. The zero-order valence-electron chi connectivity index (χ0n) is 7.37. The van der Waals surface area contributed by atoms with Crippen LogP contribution < -0.4 is 0 Å². The summed E-state index contributed by atoms with van der Waals surface area (Å²) in [5, 5.41) is 15.8. The van der Waals surface area contributed by atoms with Gasteiger partial charge < -0.3 is 10.2 Å². The van der Waals surface area contributed by atoms with Crippen molar-refractivity contribution in [3.63, 3.8) is 0 Å². The molecule has 0 aromatic rings. The van der Waals surface area contributed by atoms with E-state index in [0.29, 0.717) is 0 Å². The van der Waals surface area contributed by atoms with Crippen LogP contribution in [0.5, 0.6) is 0 Å². The smallest absolute Gasteiger partial charge is 0.333 e. The van der Waals surface area contributed by atoms with Crippen molar-refractivity contribution in [2.24, 2.45) is 0 Å². The second-order valence-electron chi connectivity index (χ2n) is 2.18. The molecule has 0 rings (SSSR count). The van der Waals surface area contributed by atoms with Gasteiger partial charge in [-0.05, 0) is 13.8 Å². The van der Waals surface area contributed by atoms with Gasteiger partial charge in [-0.25, -0.2) is 14.0 Å². The molecule has 4 nitrogen and oxygen atoms in total. The first-order valence-corrected chi connectivity index (χ1v) is 3.22. The van der Waals surface area contributed by atoms with Gasteiger partial charge in [-0.1, -0.05) is 6.58 Å². The summed E-state index contributed by atoms with van der Waals surface area (Å²) in [5.41, 5.74) is -0.102. The van der Waals surface area contributed by atoms with E-state index in [0.717, 1.165) is 0 Å². The molecule has 0 atom stereocenters. The molecule has 0 aromatic heterocycles. The molecule has 0 heterocycles. The Balaban J connectivity index is 0.